The number of aliphatic hydroxyl groups excluding tert-OH is 1. The Balaban J connectivity index is 1.63. The summed E-state index contributed by atoms with van der Waals surface area (Å²) < 4.78 is 66.0. The van der Waals surface area contributed by atoms with E-state index in [4.69, 9.17) is 4.78 Å². The third-order valence-electron chi connectivity index (χ3n) is 5.54. The standard InChI is InChI=1S/C19H23F3N4O2S/c1-26-9-16-13(5-4-11(6-10-2-3-10)25-29(16,23)28)18(26)19(27)24-12-7-14(20)17(22)15(21)8-12/h7-11,19,24,27H,2-6H2,1H3,(H2,23,25,28)/t11-,19?,29?/m1/s1. The fourth-order valence-corrected chi connectivity index (χ4v) is 5.65. The van der Waals surface area contributed by atoms with Crippen LogP contribution < -0.4 is 10.0 Å². The topological polar surface area (TPSA) is 90.1 Å². The molecule has 2 aliphatic rings. The first-order valence-electron chi connectivity index (χ1n) is 9.49. The van der Waals surface area contributed by atoms with Gasteiger partial charge in [0.25, 0.3) is 0 Å². The molecule has 4 rings (SSSR count). The molecule has 1 saturated carbocycles. The summed E-state index contributed by atoms with van der Waals surface area (Å²) in [6, 6.07) is 1.47. The first-order chi connectivity index (χ1) is 13.7. The van der Waals surface area contributed by atoms with Gasteiger partial charge in [-0.3, -0.25) is 0 Å². The second-order valence-electron chi connectivity index (χ2n) is 7.86. The van der Waals surface area contributed by atoms with Crippen molar-refractivity contribution in [2.45, 2.75) is 49.3 Å². The molecule has 0 amide bonds. The average Bonchev–Trinajstić information content (AvgIpc) is 3.38. The van der Waals surface area contributed by atoms with Crippen LogP contribution in [0, 0.1) is 28.1 Å². The van der Waals surface area contributed by atoms with Gasteiger partial charge < -0.3 is 15.0 Å². The molecule has 1 aliphatic heterocycles. The number of anilines is 1. The summed E-state index contributed by atoms with van der Waals surface area (Å²) in [4.78, 5) is 0.311. The van der Waals surface area contributed by atoms with Crippen molar-refractivity contribution in [3.05, 3.63) is 47.0 Å². The number of nitrogens with one attached hydrogen (secondary N) is 3. The fraction of sp³-hybridized carbons (Fsp3) is 0.474. The van der Waals surface area contributed by atoms with Crippen molar-refractivity contribution in [1.82, 2.24) is 9.29 Å². The number of aryl methyl sites for hydroxylation is 1. The van der Waals surface area contributed by atoms with Crippen LogP contribution in [0.3, 0.4) is 0 Å². The van der Waals surface area contributed by atoms with Crippen LogP contribution in [-0.2, 0) is 23.4 Å². The van der Waals surface area contributed by atoms with Gasteiger partial charge in [0.2, 0.25) is 0 Å². The first kappa shape index (κ1) is 20.2. The second kappa shape index (κ2) is 7.33. The highest BCUT2D eigenvalue weighted by Crippen LogP contribution is 2.37. The van der Waals surface area contributed by atoms with Gasteiger partial charge in [-0.1, -0.05) is 12.8 Å². The molecule has 4 N–H and O–H groups in total. The van der Waals surface area contributed by atoms with Crippen molar-refractivity contribution in [2.75, 3.05) is 5.32 Å². The van der Waals surface area contributed by atoms with Crippen LogP contribution in [0.2, 0.25) is 0 Å². The molecule has 2 heterocycles. The Labute approximate surface area is 167 Å². The lowest BCUT2D eigenvalue weighted by Crippen LogP contribution is -2.33. The maximum atomic E-state index is 13.5. The van der Waals surface area contributed by atoms with Gasteiger partial charge in [-0.15, -0.1) is 0 Å². The SMILES string of the molecule is Cn1cc2c(c1C(O)Nc1cc(F)c(F)c(F)c1)CC[C@H](CC1CC1)NS2(=N)=O. The highest BCUT2D eigenvalue weighted by Gasteiger charge is 2.33. The van der Waals surface area contributed by atoms with Crippen LogP contribution in [0.25, 0.3) is 0 Å². The Morgan fingerprint density at radius 2 is 1.97 bits per heavy atom. The lowest BCUT2D eigenvalue weighted by molar-refractivity contribution is 0.198. The van der Waals surface area contributed by atoms with Crippen LogP contribution >= 0.6 is 0 Å². The Hall–Kier alpha value is -2.04. The summed E-state index contributed by atoms with van der Waals surface area (Å²) in [6.07, 6.45) is 4.52. The van der Waals surface area contributed by atoms with Crippen molar-refractivity contribution in [2.24, 2.45) is 13.0 Å². The molecular formula is C19H23F3N4O2S. The number of rotatable bonds is 5. The summed E-state index contributed by atoms with van der Waals surface area (Å²) in [6.45, 7) is 0. The Morgan fingerprint density at radius 3 is 2.59 bits per heavy atom. The molecule has 6 nitrogen and oxygen atoms in total. The van der Waals surface area contributed by atoms with Gasteiger partial charge in [0.05, 0.1) is 10.6 Å². The van der Waals surface area contributed by atoms with E-state index >= 15 is 0 Å². The quantitative estimate of drug-likeness (QED) is 0.434. The number of halogens is 3. The van der Waals surface area contributed by atoms with E-state index in [9.17, 15) is 22.5 Å². The van der Waals surface area contributed by atoms with Crippen molar-refractivity contribution < 1.29 is 22.5 Å². The van der Waals surface area contributed by atoms with Crippen molar-refractivity contribution in [3.8, 4) is 0 Å². The molecule has 1 fully saturated rings. The summed E-state index contributed by atoms with van der Waals surface area (Å²) >= 11 is 0. The maximum absolute atomic E-state index is 13.5. The van der Waals surface area contributed by atoms with Gasteiger partial charge in [0.1, 0.15) is 9.92 Å². The molecule has 29 heavy (non-hydrogen) atoms. The molecule has 0 spiro atoms. The number of aromatic nitrogens is 1. The number of aliphatic hydroxyl groups is 1. The van der Waals surface area contributed by atoms with Crippen molar-refractivity contribution in [3.63, 3.8) is 0 Å². The van der Waals surface area contributed by atoms with Crippen molar-refractivity contribution in [1.29, 1.82) is 4.78 Å². The van der Waals surface area contributed by atoms with Crippen LogP contribution in [0.4, 0.5) is 18.9 Å². The predicted molar refractivity (Wildman–Crippen MR) is 102 cm³/mol. The molecular weight excluding hydrogens is 405 g/mol. The van der Waals surface area contributed by atoms with Crippen LogP contribution in [-0.4, -0.2) is 19.9 Å². The maximum Gasteiger partial charge on any atom is 0.194 e. The predicted octanol–water partition coefficient (Wildman–Crippen LogP) is 3.57. The van der Waals surface area contributed by atoms with E-state index in [1.807, 2.05) is 0 Å². The third kappa shape index (κ3) is 4.01. The van der Waals surface area contributed by atoms with E-state index in [0.29, 0.717) is 34.9 Å². The zero-order valence-corrected chi connectivity index (χ0v) is 16.7. The molecule has 1 aliphatic carbocycles. The molecule has 0 radical (unpaired) electrons. The molecule has 158 valence electrons. The number of nitrogens with zero attached hydrogens (tertiary/aromatic N) is 1. The smallest absolute Gasteiger partial charge is 0.194 e. The number of hydrogen-bond donors (Lipinski definition) is 4. The van der Waals surface area contributed by atoms with Gasteiger partial charge in [-0.2, -0.15) is 0 Å². The minimum absolute atomic E-state index is 0.0385. The summed E-state index contributed by atoms with van der Waals surface area (Å²) in [5.41, 5.74) is 0.814. The summed E-state index contributed by atoms with van der Waals surface area (Å²) in [5, 5.41) is 13.2. The largest absolute Gasteiger partial charge is 0.368 e. The monoisotopic (exact) mass is 428 g/mol. The Bertz CT molecular complexity index is 1030. The van der Waals surface area contributed by atoms with E-state index in [1.165, 1.54) is 0 Å². The number of hydrogen-bond acceptors (Lipinski definition) is 4. The van der Waals surface area contributed by atoms with Crippen LogP contribution in [0.1, 0.15) is 43.2 Å². The van der Waals surface area contributed by atoms with Crippen LogP contribution in [0.15, 0.2) is 23.2 Å². The average molecular weight is 428 g/mol. The van der Waals surface area contributed by atoms with Gasteiger partial charge >= 0.3 is 0 Å². The molecule has 0 saturated heterocycles. The molecule has 2 aromatic rings. The van der Waals surface area contributed by atoms with E-state index in [-0.39, 0.29) is 11.7 Å². The van der Waals surface area contributed by atoms with Gasteiger partial charge in [-0.05, 0) is 30.7 Å². The Kier molecular flexibility index (Phi) is 5.12. The van der Waals surface area contributed by atoms with Gasteiger partial charge in [0.15, 0.2) is 23.7 Å². The lowest BCUT2D eigenvalue weighted by Gasteiger charge is -2.18. The zero-order valence-electron chi connectivity index (χ0n) is 15.8. The van der Waals surface area contributed by atoms with Gasteiger partial charge in [-0.25, -0.2) is 26.9 Å². The Morgan fingerprint density at radius 1 is 1.31 bits per heavy atom. The molecule has 1 aromatic carbocycles. The minimum atomic E-state index is -3.25. The molecule has 2 unspecified atom stereocenters. The first-order valence-corrected chi connectivity index (χ1v) is 11.0. The summed E-state index contributed by atoms with van der Waals surface area (Å²) in [5.74, 6) is -3.71. The lowest BCUT2D eigenvalue weighted by atomic mass is 10.0. The molecule has 3 atom stereocenters. The summed E-state index contributed by atoms with van der Waals surface area (Å²) in [7, 11) is -1.62. The van der Waals surface area contributed by atoms with E-state index < -0.39 is 33.6 Å². The highest BCUT2D eigenvalue weighted by molar-refractivity contribution is 7.90. The third-order valence-corrected chi connectivity index (χ3v) is 7.18. The van der Waals surface area contributed by atoms with Gasteiger partial charge in [0, 0.05) is 37.1 Å². The number of fused-ring (bicyclic) bond motifs is 1. The normalized spacial score (nSPS) is 25.3. The van der Waals surface area contributed by atoms with Crippen LogP contribution in [0.5, 0.6) is 0 Å². The minimum Gasteiger partial charge on any atom is -0.368 e. The second-order valence-corrected chi connectivity index (χ2v) is 9.65. The van der Waals surface area contributed by atoms with E-state index in [2.05, 4.69) is 10.0 Å². The molecule has 10 heteroatoms. The van der Waals surface area contributed by atoms with E-state index in [1.54, 1.807) is 17.8 Å². The highest BCUT2D eigenvalue weighted by atomic mass is 32.2. The van der Waals surface area contributed by atoms with E-state index in [0.717, 1.165) is 31.4 Å². The van der Waals surface area contributed by atoms with Crippen molar-refractivity contribution >= 4 is 15.6 Å². The number of benzene rings is 1. The molecule has 0 bridgehead atoms. The molecule has 1 aromatic heterocycles. The fourth-order valence-electron chi connectivity index (χ4n) is 3.98. The zero-order chi connectivity index (χ0) is 20.9.